The van der Waals surface area contributed by atoms with E-state index in [2.05, 4.69) is 4.74 Å². The van der Waals surface area contributed by atoms with Crippen molar-refractivity contribution in [1.29, 1.82) is 0 Å². The van der Waals surface area contributed by atoms with E-state index >= 15 is 0 Å². The molecule has 1 N–H and O–H groups in total. The summed E-state index contributed by atoms with van der Waals surface area (Å²) in [5.74, 6) is -0.349. The van der Waals surface area contributed by atoms with Gasteiger partial charge < -0.3 is 9.84 Å². The molecule has 0 unspecified atom stereocenters. The van der Waals surface area contributed by atoms with E-state index in [9.17, 15) is 9.90 Å². The van der Waals surface area contributed by atoms with E-state index < -0.39 is 5.97 Å². The third kappa shape index (κ3) is 3.45. The Bertz CT molecular complexity index is 366. The molecular weight excluding hydrogens is 214 g/mol. The predicted molar refractivity (Wildman–Crippen MR) is 61.8 cm³/mol. The number of ether oxygens (including phenoxy) is 1. The maximum absolute atomic E-state index is 11.3. The highest BCUT2D eigenvalue weighted by Gasteiger charge is 2.08. The van der Waals surface area contributed by atoms with Crippen molar-refractivity contribution in [2.45, 2.75) is 4.90 Å². The molecule has 0 aliphatic rings. The van der Waals surface area contributed by atoms with E-state index in [0.717, 1.165) is 4.90 Å². The van der Waals surface area contributed by atoms with Gasteiger partial charge in [-0.2, -0.15) is 11.9 Å². The number of hydrogen-bond donors (Lipinski definition) is 1. The monoisotopic (exact) mass is 229 g/mol. The number of carbonyl (C=O) groups is 1. The lowest BCUT2D eigenvalue weighted by Crippen LogP contribution is -2.03. The van der Waals surface area contributed by atoms with E-state index in [0.29, 0.717) is 17.5 Å². The number of hydrogen-bond acceptors (Lipinski definition) is 4. The second-order valence-corrected chi connectivity index (χ2v) is 4.96. The summed E-state index contributed by atoms with van der Waals surface area (Å²) in [6.45, 7) is 0. The number of benzene rings is 1. The average molecular weight is 229 g/mol. The van der Waals surface area contributed by atoms with Crippen LogP contribution in [-0.2, 0) is 4.74 Å². The lowest BCUT2D eigenvalue weighted by molar-refractivity contribution is 0.0600. The Morgan fingerprint density at radius 1 is 1.40 bits per heavy atom. The zero-order valence-corrected chi connectivity index (χ0v) is 9.94. The Morgan fingerprint density at radius 3 is 2.60 bits per heavy atom. The van der Waals surface area contributed by atoms with Crippen LogP contribution in [0, 0.1) is 0 Å². The summed E-state index contributed by atoms with van der Waals surface area (Å²) in [6, 6.07) is 4.77. The van der Waals surface area contributed by atoms with Gasteiger partial charge in [-0.3, -0.25) is 4.31 Å². The summed E-state index contributed by atoms with van der Waals surface area (Å²) >= 11 is 0.413. The first-order valence-electron chi connectivity index (χ1n) is 4.39. The summed E-state index contributed by atoms with van der Waals surface area (Å²) in [7, 11) is 5.18. The highest BCUT2D eigenvalue weighted by Crippen LogP contribution is 2.25. The number of esters is 1. The van der Waals surface area contributed by atoms with E-state index in [1.807, 2.05) is 18.4 Å². The van der Waals surface area contributed by atoms with Crippen molar-refractivity contribution in [1.82, 2.24) is 4.31 Å². The van der Waals surface area contributed by atoms with E-state index in [4.69, 9.17) is 0 Å². The molecule has 5 heteroatoms. The first kappa shape index (κ1) is 11.9. The van der Waals surface area contributed by atoms with Crippen LogP contribution in [0.25, 0.3) is 0 Å². The Labute approximate surface area is 93.0 Å². The van der Waals surface area contributed by atoms with Crippen molar-refractivity contribution in [3.8, 4) is 5.75 Å². The topological polar surface area (TPSA) is 49.8 Å². The highest BCUT2D eigenvalue weighted by molar-refractivity contribution is 7.97. The van der Waals surface area contributed by atoms with Gasteiger partial charge in [-0.1, -0.05) is 0 Å². The molecule has 0 saturated carbocycles. The van der Waals surface area contributed by atoms with Crippen molar-refractivity contribution >= 4 is 17.9 Å². The van der Waals surface area contributed by atoms with E-state index in [1.54, 1.807) is 12.1 Å². The van der Waals surface area contributed by atoms with Crippen LogP contribution >= 0.6 is 11.9 Å². The van der Waals surface area contributed by atoms with Crippen molar-refractivity contribution in [3.63, 3.8) is 0 Å². The number of rotatable bonds is 3. The maximum atomic E-state index is 11.3. The van der Waals surface area contributed by atoms with Crippen LogP contribution in [-0.4, -0.2) is 36.6 Å². The fourth-order valence-electron chi connectivity index (χ4n) is 1.17. The van der Waals surface area contributed by atoms with Crippen molar-refractivity contribution < 1.29 is 14.6 Å². The van der Waals surface area contributed by atoms with Gasteiger partial charge in [0, 0.05) is 4.90 Å². The van der Waals surface area contributed by atoms with Crippen molar-refractivity contribution in [2.75, 3.05) is 21.2 Å². The molecule has 0 amide bonds. The Hall–Kier alpha value is -1.20. The zero-order valence-electron chi connectivity index (χ0n) is 8.94. The van der Waals surface area contributed by atoms with Crippen LogP contribution in [0.4, 0.5) is 0 Å². The summed E-state index contributed by atoms with van der Waals surface area (Å²) in [5.41, 5.74) is 0.377. The fraction of sp³-hybridized carbons (Fsp3) is 0.300. The number of aromatic hydroxyl groups is 1. The van der Waals surface area contributed by atoms with Crippen LogP contribution in [0.2, 0.25) is 0 Å². The molecule has 0 saturated heterocycles. The van der Waals surface area contributed by atoms with Crippen LogP contribution < -0.4 is 0 Å². The standard InChI is InChI=1S/C10H15NO3S/c1-11(2)15-9-5-7(10(13)14-3)4-8(12)6-9/h4-6,12H,15H2,1-3H3. The molecule has 0 aliphatic carbocycles. The van der Waals surface area contributed by atoms with Gasteiger partial charge in [0.25, 0.3) is 0 Å². The number of carbonyl (C=O) groups excluding carboxylic acids is 1. The number of phenolic OH excluding ortho intramolecular Hbond substituents is 1. The minimum atomic E-state index is -0.435. The van der Waals surface area contributed by atoms with Gasteiger partial charge in [-0.15, -0.1) is 0 Å². The van der Waals surface area contributed by atoms with Gasteiger partial charge in [0.15, 0.2) is 0 Å². The van der Waals surface area contributed by atoms with E-state index in [-0.39, 0.29) is 5.75 Å². The molecule has 0 fully saturated rings. The van der Waals surface area contributed by atoms with Crippen LogP contribution in [0.15, 0.2) is 23.1 Å². The van der Waals surface area contributed by atoms with Crippen molar-refractivity contribution in [2.24, 2.45) is 0 Å². The Kier molecular flexibility index (Phi) is 3.99. The first-order valence-corrected chi connectivity index (χ1v) is 5.34. The Morgan fingerprint density at radius 2 is 2.07 bits per heavy atom. The van der Waals surface area contributed by atoms with Gasteiger partial charge in [0.1, 0.15) is 5.75 Å². The molecule has 0 aliphatic heterocycles. The number of methoxy groups -OCH3 is 1. The molecule has 84 valence electrons. The average Bonchev–Trinajstić information content (AvgIpc) is 2.14. The van der Waals surface area contributed by atoms with E-state index in [1.165, 1.54) is 13.2 Å². The smallest absolute Gasteiger partial charge is 0.338 e. The van der Waals surface area contributed by atoms with Gasteiger partial charge in [0.2, 0.25) is 0 Å². The summed E-state index contributed by atoms with van der Waals surface area (Å²) in [6.07, 6.45) is 0. The lowest BCUT2D eigenvalue weighted by Gasteiger charge is -2.13. The molecule has 0 aromatic heterocycles. The maximum Gasteiger partial charge on any atom is 0.338 e. The summed E-state index contributed by atoms with van der Waals surface area (Å²) < 4.78 is 6.57. The SMILES string of the molecule is COC(=O)c1cc(O)cc([SH2]N(C)C)c1. The molecule has 0 spiro atoms. The van der Waals surface area contributed by atoms with Crippen LogP contribution in [0.1, 0.15) is 10.4 Å². The summed E-state index contributed by atoms with van der Waals surface area (Å²) in [5, 5.41) is 9.43. The third-order valence-electron chi connectivity index (χ3n) is 1.69. The molecule has 0 atom stereocenters. The molecule has 0 bridgehead atoms. The molecule has 0 radical (unpaired) electrons. The summed E-state index contributed by atoms with van der Waals surface area (Å²) in [4.78, 5) is 12.2. The van der Waals surface area contributed by atoms with Crippen LogP contribution in [0.5, 0.6) is 5.75 Å². The van der Waals surface area contributed by atoms with Gasteiger partial charge in [0.05, 0.1) is 12.7 Å². The minimum absolute atomic E-state index is 0.0854. The second kappa shape index (κ2) is 5.04. The quantitative estimate of drug-likeness (QED) is 0.792. The molecular formula is C10H15NO3S. The largest absolute Gasteiger partial charge is 0.508 e. The second-order valence-electron chi connectivity index (χ2n) is 3.27. The fourth-order valence-corrected chi connectivity index (χ4v) is 2.12. The highest BCUT2D eigenvalue weighted by atomic mass is 32.2. The molecule has 4 nitrogen and oxygen atoms in total. The van der Waals surface area contributed by atoms with Gasteiger partial charge in [-0.25, -0.2) is 4.79 Å². The Balaban J connectivity index is 2.99. The molecule has 1 aromatic rings. The number of nitrogens with zero attached hydrogens (tertiary/aromatic N) is 1. The molecule has 0 heterocycles. The first-order chi connectivity index (χ1) is 7.02. The van der Waals surface area contributed by atoms with Gasteiger partial charge in [-0.05, 0) is 32.3 Å². The van der Waals surface area contributed by atoms with Crippen molar-refractivity contribution in [3.05, 3.63) is 23.8 Å². The van der Waals surface area contributed by atoms with Crippen LogP contribution in [0.3, 0.4) is 0 Å². The molecule has 1 rings (SSSR count). The normalized spacial score (nSPS) is 11.7. The third-order valence-corrected chi connectivity index (χ3v) is 2.69. The number of phenols is 1. The lowest BCUT2D eigenvalue weighted by atomic mass is 10.2. The zero-order chi connectivity index (χ0) is 11.4. The molecule has 15 heavy (non-hydrogen) atoms. The molecule has 1 aromatic carbocycles. The minimum Gasteiger partial charge on any atom is -0.508 e. The predicted octanol–water partition coefficient (Wildman–Crippen LogP) is 1.21. The van der Waals surface area contributed by atoms with Gasteiger partial charge >= 0.3 is 5.97 Å².